The molecule has 0 bridgehead atoms. The zero-order valence-electron chi connectivity index (χ0n) is 10.5. The van der Waals surface area contributed by atoms with Crippen molar-refractivity contribution in [3.05, 3.63) is 30.1 Å². The van der Waals surface area contributed by atoms with Gasteiger partial charge in [0.2, 0.25) is 0 Å². The van der Waals surface area contributed by atoms with Crippen LogP contribution < -0.4 is 5.32 Å². The lowest BCUT2D eigenvalue weighted by molar-refractivity contribution is 0.190. The van der Waals surface area contributed by atoms with Crippen LogP contribution in [0, 0.1) is 11.7 Å². The summed E-state index contributed by atoms with van der Waals surface area (Å²) in [7, 11) is 0. The molecular formula is C14H21FN2. The Morgan fingerprint density at radius 1 is 1.35 bits per heavy atom. The third-order valence-corrected chi connectivity index (χ3v) is 3.34. The van der Waals surface area contributed by atoms with Gasteiger partial charge in [-0.3, -0.25) is 0 Å². The number of likely N-dealkylation sites (tertiary alicyclic amines) is 1. The Morgan fingerprint density at radius 2 is 2.12 bits per heavy atom. The van der Waals surface area contributed by atoms with E-state index in [1.54, 1.807) is 12.1 Å². The van der Waals surface area contributed by atoms with Crippen LogP contribution in [0.1, 0.15) is 19.8 Å². The standard InChI is InChI=1S/C14H21FN2/c1-12-3-2-9-17(11-12)10-8-16-14-6-4-13(15)5-7-14/h4-7,12,16H,2-3,8-11H2,1H3. The van der Waals surface area contributed by atoms with E-state index in [2.05, 4.69) is 17.1 Å². The Bertz CT molecular complexity index is 337. The zero-order valence-corrected chi connectivity index (χ0v) is 10.5. The summed E-state index contributed by atoms with van der Waals surface area (Å²) in [6, 6.07) is 6.55. The third kappa shape index (κ3) is 4.00. The lowest BCUT2D eigenvalue weighted by Gasteiger charge is -2.30. The van der Waals surface area contributed by atoms with E-state index >= 15 is 0 Å². The molecule has 2 rings (SSSR count). The zero-order chi connectivity index (χ0) is 12.1. The number of halogens is 1. The van der Waals surface area contributed by atoms with Gasteiger partial charge >= 0.3 is 0 Å². The van der Waals surface area contributed by atoms with Crippen molar-refractivity contribution in [3.63, 3.8) is 0 Å². The minimum Gasteiger partial charge on any atom is -0.384 e. The highest BCUT2D eigenvalue weighted by molar-refractivity contribution is 5.42. The second-order valence-corrected chi connectivity index (χ2v) is 4.98. The van der Waals surface area contributed by atoms with Crippen LogP contribution in [0.2, 0.25) is 0 Å². The van der Waals surface area contributed by atoms with Gasteiger partial charge in [0.25, 0.3) is 0 Å². The summed E-state index contributed by atoms with van der Waals surface area (Å²) in [6.45, 7) is 6.75. The quantitative estimate of drug-likeness (QED) is 0.864. The van der Waals surface area contributed by atoms with Crippen LogP contribution in [0.15, 0.2) is 24.3 Å². The summed E-state index contributed by atoms with van der Waals surface area (Å²) in [5, 5.41) is 3.33. The first-order valence-corrected chi connectivity index (χ1v) is 6.46. The van der Waals surface area contributed by atoms with Crippen LogP contribution in [0.3, 0.4) is 0 Å². The molecule has 2 nitrogen and oxygen atoms in total. The first-order chi connectivity index (χ1) is 8.24. The molecule has 1 aliphatic rings. The van der Waals surface area contributed by atoms with Crippen molar-refractivity contribution in [2.24, 2.45) is 5.92 Å². The summed E-state index contributed by atoms with van der Waals surface area (Å²) < 4.78 is 12.7. The SMILES string of the molecule is CC1CCCN(CCNc2ccc(F)cc2)C1. The van der Waals surface area contributed by atoms with Gasteiger partial charge in [-0.15, -0.1) is 0 Å². The molecule has 0 aliphatic carbocycles. The van der Waals surface area contributed by atoms with Crippen LogP contribution in [0.5, 0.6) is 0 Å². The number of benzene rings is 1. The van der Waals surface area contributed by atoms with Gasteiger partial charge in [-0.25, -0.2) is 4.39 Å². The molecule has 17 heavy (non-hydrogen) atoms. The van der Waals surface area contributed by atoms with Gasteiger partial charge in [0.15, 0.2) is 0 Å². The van der Waals surface area contributed by atoms with E-state index in [9.17, 15) is 4.39 Å². The molecule has 0 saturated carbocycles. The fourth-order valence-corrected chi connectivity index (χ4v) is 2.42. The van der Waals surface area contributed by atoms with Gasteiger partial charge in [-0.2, -0.15) is 0 Å². The summed E-state index contributed by atoms with van der Waals surface area (Å²) in [5.41, 5.74) is 0.997. The Morgan fingerprint density at radius 3 is 2.82 bits per heavy atom. The average molecular weight is 236 g/mol. The lowest BCUT2D eigenvalue weighted by Crippen LogP contribution is -2.37. The Kier molecular flexibility index (Phi) is 4.37. The molecular weight excluding hydrogens is 215 g/mol. The third-order valence-electron chi connectivity index (χ3n) is 3.34. The summed E-state index contributed by atoms with van der Waals surface area (Å²) in [5.74, 6) is 0.648. The molecule has 3 heteroatoms. The second kappa shape index (κ2) is 6.01. The van der Waals surface area contributed by atoms with Gasteiger partial charge in [0.05, 0.1) is 0 Å². The molecule has 1 atom stereocenters. The molecule has 1 aliphatic heterocycles. The maximum Gasteiger partial charge on any atom is 0.123 e. The van der Waals surface area contributed by atoms with E-state index in [1.165, 1.54) is 38.1 Å². The number of hydrogen-bond donors (Lipinski definition) is 1. The summed E-state index contributed by atoms with van der Waals surface area (Å²) in [6.07, 6.45) is 2.68. The average Bonchev–Trinajstić information content (AvgIpc) is 2.32. The van der Waals surface area contributed by atoms with Crippen molar-refractivity contribution in [3.8, 4) is 0 Å². The molecule has 1 unspecified atom stereocenters. The molecule has 0 amide bonds. The second-order valence-electron chi connectivity index (χ2n) is 4.98. The van der Waals surface area contributed by atoms with E-state index < -0.39 is 0 Å². The number of piperidine rings is 1. The summed E-state index contributed by atoms with van der Waals surface area (Å²) >= 11 is 0. The number of hydrogen-bond acceptors (Lipinski definition) is 2. The Labute approximate surface area is 103 Å². The van der Waals surface area contributed by atoms with Gasteiger partial charge in [0.1, 0.15) is 5.82 Å². The fourth-order valence-electron chi connectivity index (χ4n) is 2.42. The van der Waals surface area contributed by atoms with Gasteiger partial charge < -0.3 is 10.2 Å². The normalized spacial score (nSPS) is 21.4. The van der Waals surface area contributed by atoms with Crippen LogP contribution in [0.25, 0.3) is 0 Å². The van der Waals surface area contributed by atoms with Crippen molar-refractivity contribution >= 4 is 5.69 Å². The fraction of sp³-hybridized carbons (Fsp3) is 0.571. The minimum absolute atomic E-state index is 0.180. The maximum absolute atomic E-state index is 12.7. The number of rotatable bonds is 4. The van der Waals surface area contributed by atoms with Crippen molar-refractivity contribution in [2.75, 3.05) is 31.5 Å². The predicted molar refractivity (Wildman–Crippen MR) is 69.7 cm³/mol. The van der Waals surface area contributed by atoms with Crippen molar-refractivity contribution in [2.45, 2.75) is 19.8 Å². The van der Waals surface area contributed by atoms with Gasteiger partial charge in [-0.05, 0) is 49.6 Å². The number of nitrogens with one attached hydrogen (secondary N) is 1. The molecule has 94 valence electrons. The molecule has 1 fully saturated rings. The van der Waals surface area contributed by atoms with Gasteiger partial charge in [-0.1, -0.05) is 6.92 Å². The highest BCUT2D eigenvalue weighted by atomic mass is 19.1. The Balaban J connectivity index is 1.70. The first kappa shape index (κ1) is 12.4. The maximum atomic E-state index is 12.7. The molecule has 0 aromatic heterocycles. The van der Waals surface area contributed by atoms with E-state index in [0.29, 0.717) is 0 Å². The van der Waals surface area contributed by atoms with E-state index in [1.807, 2.05) is 0 Å². The monoisotopic (exact) mass is 236 g/mol. The molecule has 1 aromatic carbocycles. The molecule has 0 spiro atoms. The van der Waals surface area contributed by atoms with E-state index in [-0.39, 0.29) is 5.82 Å². The van der Waals surface area contributed by atoms with Crippen molar-refractivity contribution in [1.29, 1.82) is 0 Å². The minimum atomic E-state index is -0.180. The lowest BCUT2D eigenvalue weighted by atomic mass is 10.0. The summed E-state index contributed by atoms with van der Waals surface area (Å²) in [4.78, 5) is 2.50. The first-order valence-electron chi connectivity index (χ1n) is 6.46. The van der Waals surface area contributed by atoms with Crippen molar-refractivity contribution in [1.82, 2.24) is 4.90 Å². The smallest absolute Gasteiger partial charge is 0.123 e. The largest absolute Gasteiger partial charge is 0.384 e. The van der Waals surface area contributed by atoms with Crippen LogP contribution in [-0.2, 0) is 0 Å². The van der Waals surface area contributed by atoms with Crippen LogP contribution >= 0.6 is 0 Å². The van der Waals surface area contributed by atoms with Crippen molar-refractivity contribution < 1.29 is 4.39 Å². The van der Waals surface area contributed by atoms with E-state index in [0.717, 1.165) is 24.7 Å². The highest BCUT2D eigenvalue weighted by Crippen LogP contribution is 2.15. The molecule has 1 aromatic rings. The van der Waals surface area contributed by atoms with E-state index in [4.69, 9.17) is 0 Å². The van der Waals surface area contributed by atoms with Gasteiger partial charge in [0, 0.05) is 25.3 Å². The van der Waals surface area contributed by atoms with Crippen LogP contribution in [0.4, 0.5) is 10.1 Å². The number of anilines is 1. The molecule has 1 N–H and O–H groups in total. The predicted octanol–water partition coefficient (Wildman–Crippen LogP) is 2.97. The Hall–Kier alpha value is -1.09. The number of nitrogens with zero attached hydrogens (tertiary/aromatic N) is 1. The van der Waals surface area contributed by atoms with Crippen LogP contribution in [-0.4, -0.2) is 31.1 Å². The topological polar surface area (TPSA) is 15.3 Å². The highest BCUT2D eigenvalue weighted by Gasteiger charge is 2.15. The molecule has 1 saturated heterocycles. The molecule has 1 heterocycles. The molecule has 0 radical (unpaired) electrons.